The van der Waals surface area contributed by atoms with Gasteiger partial charge < -0.3 is 21.3 Å². The van der Waals surface area contributed by atoms with E-state index in [2.05, 4.69) is 10.3 Å². The van der Waals surface area contributed by atoms with Gasteiger partial charge in [-0.25, -0.2) is 4.98 Å². The highest BCUT2D eigenvalue weighted by Crippen LogP contribution is 2.25. The molecule has 2 aromatic rings. The van der Waals surface area contributed by atoms with E-state index in [9.17, 15) is 9.90 Å². The normalized spacial score (nSPS) is 10.0. The number of phenolic OH excluding ortho intramolecular Hbond substituents is 2. The number of hydrogen-bond acceptors (Lipinski definition) is 5. The van der Waals surface area contributed by atoms with E-state index in [1.807, 2.05) is 0 Å². The standard InChI is InChI=1S/C12H11N3O3/c13-8-2-4-11(14-6-8)15-12(18)7-1-3-9(16)10(17)5-7/h1-6,16-17H,13H2,(H,14,15,18). The zero-order chi connectivity index (χ0) is 13.1. The Morgan fingerprint density at radius 1 is 1.17 bits per heavy atom. The number of carbonyl (C=O) groups is 1. The number of nitrogens with zero attached hydrogens (tertiary/aromatic N) is 1. The van der Waals surface area contributed by atoms with E-state index >= 15 is 0 Å². The zero-order valence-corrected chi connectivity index (χ0v) is 9.29. The molecule has 5 N–H and O–H groups in total. The summed E-state index contributed by atoms with van der Waals surface area (Å²) in [5.74, 6) is -0.727. The molecule has 6 heteroatoms. The van der Waals surface area contributed by atoms with Gasteiger partial charge in [0.25, 0.3) is 5.91 Å². The van der Waals surface area contributed by atoms with Crippen LogP contribution in [0.5, 0.6) is 11.5 Å². The first kappa shape index (κ1) is 11.7. The summed E-state index contributed by atoms with van der Waals surface area (Å²) in [6.07, 6.45) is 1.42. The molecule has 0 aliphatic heterocycles. The highest BCUT2D eigenvalue weighted by atomic mass is 16.3. The summed E-state index contributed by atoms with van der Waals surface area (Å²) in [6.45, 7) is 0. The molecule has 0 aliphatic carbocycles. The van der Waals surface area contributed by atoms with E-state index in [1.54, 1.807) is 12.1 Å². The van der Waals surface area contributed by atoms with Crippen LogP contribution < -0.4 is 11.1 Å². The molecule has 1 aromatic carbocycles. The number of pyridine rings is 1. The fourth-order valence-electron chi connectivity index (χ4n) is 1.33. The molecule has 18 heavy (non-hydrogen) atoms. The first-order valence-corrected chi connectivity index (χ1v) is 5.11. The Morgan fingerprint density at radius 3 is 2.56 bits per heavy atom. The van der Waals surface area contributed by atoms with Gasteiger partial charge in [-0.15, -0.1) is 0 Å². The van der Waals surface area contributed by atoms with Crippen LogP contribution in [0.3, 0.4) is 0 Å². The number of aromatic nitrogens is 1. The van der Waals surface area contributed by atoms with Crippen LogP contribution in [0.25, 0.3) is 0 Å². The molecule has 0 bridgehead atoms. The molecule has 0 saturated heterocycles. The smallest absolute Gasteiger partial charge is 0.256 e. The summed E-state index contributed by atoms with van der Waals surface area (Å²) in [5, 5.41) is 21.0. The van der Waals surface area contributed by atoms with E-state index in [0.29, 0.717) is 11.5 Å². The monoisotopic (exact) mass is 245 g/mol. The molecule has 0 spiro atoms. The van der Waals surface area contributed by atoms with Crippen molar-refractivity contribution < 1.29 is 15.0 Å². The maximum atomic E-state index is 11.8. The lowest BCUT2D eigenvalue weighted by Crippen LogP contribution is -2.12. The minimum atomic E-state index is -0.442. The van der Waals surface area contributed by atoms with Crippen molar-refractivity contribution in [2.45, 2.75) is 0 Å². The summed E-state index contributed by atoms with van der Waals surface area (Å²) >= 11 is 0. The molecule has 0 atom stereocenters. The lowest BCUT2D eigenvalue weighted by Gasteiger charge is -2.05. The molecule has 0 radical (unpaired) electrons. The van der Waals surface area contributed by atoms with Crippen molar-refractivity contribution in [3.8, 4) is 11.5 Å². The van der Waals surface area contributed by atoms with E-state index in [-0.39, 0.29) is 17.1 Å². The van der Waals surface area contributed by atoms with E-state index in [1.165, 1.54) is 24.4 Å². The van der Waals surface area contributed by atoms with Crippen LogP contribution in [-0.4, -0.2) is 21.1 Å². The van der Waals surface area contributed by atoms with Crippen LogP contribution in [0.1, 0.15) is 10.4 Å². The fraction of sp³-hybridized carbons (Fsp3) is 0. The Bertz CT molecular complexity index is 582. The fourth-order valence-corrected chi connectivity index (χ4v) is 1.33. The van der Waals surface area contributed by atoms with Crippen LogP contribution in [0, 0.1) is 0 Å². The van der Waals surface area contributed by atoms with Gasteiger partial charge in [0.1, 0.15) is 5.82 Å². The first-order chi connectivity index (χ1) is 8.56. The summed E-state index contributed by atoms with van der Waals surface area (Å²) in [4.78, 5) is 15.7. The number of hydrogen-bond donors (Lipinski definition) is 4. The van der Waals surface area contributed by atoms with E-state index < -0.39 is 5.91 Å². The van der Waals surface area contributed by atoms with Gasteiger partial charge in [-0.1, -0.05) is 0 Å². The molecule has 0 saturated carbocycles. The SMILES string of the molecule is Nc1ccc(NC(=O)c2ccc(O)c(O)c2)nc1. The number of rotatable bonds is 2. The molecule has 1 aromatic heterocycles. The number of benzene rings is 1. The predicted molar refractivity (Wildman–Crippen MR) is 66.4 cm³/mol. The van der Waals surface area contributed by atoms with Crippen molar-refractivity contribution in [3.63, 3.8) is 0 Å². The van der Waals surface area contributed by atoms with Gasteiger partial charge >= 0.3 is 0 Å². The zero-order valence-electron chi connectivity index (χ0n) is 9.29. The van der Waals surface area contributed by atoms with Crippen LogP contribution >= 0.6 is 0 Å². The number of carbonyl (C=O) groups excluding carboxylic acids is 1. The topological polar surface area (TPSA) is 108 Å². The lowest BCUT2D eigenvalue weighted by atomic mass is 10.2. The molecule has 0 fully saturated rings. The lowest BCUT2D eigenvalue weighted by molar-refractivity contribution is 0.102. The van der Waals surface area contributed by atoms with Gasteiger partial charge in [0.2, 0.25) is 0 Å². The Kier molecular flexibility index (Phi) is 3.01. The Morgan fingerprint density at radius 2 is 1.94 bits per heavy atom. The molecule has 2 rings (SSSR count). The average molecular weight is 245 g/mol. The van der Waals surface area contributed by atoms with Crippen LogP contribution in [0.15, 0.2) is 36.5 Å². The number of nitrogen functional groups attached to an aromatic ring is 1. The molecule has 1 heterocycles. The van der Waals surface area contributed by atoms with Crippen molar-refractivity contribution in [2.24, 2.45) is 0 Å². The number of phenols is 2. The van der Waals surface area contributed by atoms with Crippen molar-refractivity contribution in [3.05, 3.63) is 42.1 Å². The molecule has 6 nitrogen and oxygen atoms in total. The van der Waals surface area contributed by atoms with Crippen molar-refractivity contribution >= 4 is 17.4 Å². The third-order valence-electron chi connectivity index (χ3n) is 2.27. The number of aromatic hydroxyl groups is 2. The Hall–Kier alpha value is -2.76. The van der Waals surface area contributed by atoms with Crippen molar-refractivity contribution in [2.75, 3.05) is 11.1 Å². The second kappa shape index (κ2) is 4.62. The summed E-state index contributed by atoms with van der Waals surface area (Å²) < 4.78 is 0. The van der Waals surface area contributed by atoms with Gasteiger partial charge in [-0.05, 0) is 30.3 Å². The Balaban J connectivity index is 2.16. The molecular weight excluding hydrogens is 234 g/mol. The van der Waals surface area contributed by atoms with Crippen molar-refractivity contribution in [1.82, 2.24) is 4.98 Å². The second-order valence-electron chi connectivity index (χ2n) is 3.63. The van der Waals surface area contributed by atoms with Gasteiger partial charge in [0.15, 0.2) is 11.5 Å². The molecule has 92 valence electrons. The first-order valence-electron chi connectivity index (χ1n) is 5.11. The third kappa shape index (κ3) is 2.49. The van der Waals surface area contributed by atoms with E-state index in [4.69, 9.17) is 10.8 Å². The van der Waals surface area contributed by atoms with Gasteiger partial charge in [-0.3, -0.25) is 4.79 Å². The van der Waals surface area contributed by atoms with Crippen LogP contribution in [0.4, 0.5) is 11.5 Å². The van der Waals surface area contributed by atoms with Gasteiger partial charge in [0, 0.05) is 5.56 Å². The molecule has 0 aliphatic rings. The highest BCUT2D eigenvalue weighted by molar-refractivity contribution is 6.04. The minimum absolute atomic E-state index is 0.212. The number of anilines is 2. The van der Waals surface area contributed by atoms with Crippen molar-refractivity contribution in [1.29, 1.82) is 0 Å². The molecule has 1 amide bonds. The third-order valence-corrected chi connectivity index (χ3v) is 2.27. The summed E-state index contributed by atoms with van der Waals surface area (Å²) in [7, 11) is 0. The minimum Gasteiger partial charge on any atom is -0.504 e. The number of amides is 1. The Labute approximate surface area is 103 Å². The van der Waals surface area contributed by atoms with Crippen LogP contribution in [0.2, 0.25) is 0 Å². The maximum Gasteiger partial charge on any atom is 0.256 e. The highest BCUT2D eigenvalue weighted by Gasteiger charge is 2.09. The number of nitrogens with two attached hydrogens (primary N) is 1. The van der Waals surface area contributed by atoms with E-state index in [0.717, 1.165) is 0 Å². The number of nitrogens with one attached hydrogen (secondary N) is 1. The quantitative estimate of drug-likeness (QED) is 0.597. The largest absolute Gasteiger partial charge is 0.504 e. The molecule has 0 unspecified atom stereocenters. The maximum absolute atomic E-state index is 11.8. The second-order valence-corrected chi connectivity index (χ2v) is 3.63. The average Bonchev–Trinajstić information content (AvgIpc) is 2.35. The summed E-state index contributed by atoms with van der Waals surface area (Å²) in [6, 6.07) is 6.97. The molecular formula is C12H11N3O3. The van der Waals surface area contributed by atoms with Gasteiger partial charge in [0.05, 0.1) is 11.9 Å². The summed E-state index contributed by atoms with van der Waals surface area (Å²) in [5.41, 5.74) is 6.18. The van der Waals surface area contributed by atoms with Crippen LogP contribution in [-0.2, 0) is 0 Å². The predicted octanol–water partition coefficient (Wildman–Crippen LogP) is 1.33. The van der Waals surface area contributed by atoms with Gasteiger partial charge in [-0.2, -0.15) is 0 Å².